The Kier molecular flexibility index (Phi) is 13.1. The zero-order valence-corrected chi connectivity index (χ0v) is 21.0. The van der Waals surface area contributed by atoms with Gasteiger partial charge in [-0.2, -0.15) is 0 Å². The van der Waals surface area contributed by atoms with E-state index in [2.05, 4.69) is 44.2 Å². The number of nitrogens with one attached hydrogen (secondary N) is 2. The van der Waals surface area contributed by atoms with Crippen molar-refractivity contribution >= 4 is 35.8 Å². The molecule has 0 aromatic carbocycles. The highest BCUT2D eigenvalue weighted by Gasteiger charge is 2.26. The lowest BCUT2D eigenvalue weighted by Gasteiger charge is -2.36. The normalized spacial score (nSPS) is 21.3. The maximum absolute atomic E-state index is 12.0. The summed E-state index contributed by atoms with van der Waals surface area (Å²) in [6.07, 6.45) is 2.56. The lowest BCUT2D eigenvalue weighted by molar-refractivity contribution is -0.122. The topological polar surface area (TPSA) is 72.4 Å². The Morgan fingerprint density at radius 2 is 1.90 bits per heavy atom. The summed E-state index contributed by atoms with van der Waals surface area (Å²) in [5.41, 5.74) is 0. The predicted octanol–water partition coefficient (Wildman–Crippen LogP) is 0.680. The minimum absolute atomic E-state index is 0. The number of ether oxygens (including phenoxy) is 1. The van der Waals surface area contributed by atoms with Crippen LogP contribution in [0, 0.1) is 5.92 Å². The van der Waals surface area contributed by atoms with Gasteiger partial charge in [-0.15, -0.1) is 24.0 Å². The summed E-state index contributed by atoms with van der Waals surface area (Å²) >= 11 is 0. The summed E-state index contributed by atoms with van der Waals surface area (Å²) in [5, 5.41) is 6.48. The zero-order chi connectivity index (χ0) is 20.4. The van der Waals surface area contributed by atoms with E-state index in [0.29, 0.717) is 31.7 Å². The first-order valence-corrected chi connectivity index (χ1v) is 10.7. The summed E-state index contributed by atoms with van der Waals surface area (Å²) in [6, 6.07) is 0.608. The Morgan fingerprint density at radius 3 is 2.52 bits per heavy atom. The van der Waals surface area contributed by atoms with Crippen LogP contribution in [0.5, 0.6) is 0 Å². The van der Waals surface area contributed by atoms with Gasteiger partial charge in [0, 0.05) is 66.0 Å². The smallest absolute Gasteiger partial charge is 0.234 e. The number of halogens is 1. The standard InChI is InChI=1S/C20H40N6O2.HI/c1-17(2)15-26-8-5-6-18(26)14-23-20(21-3)25-11-9-24(10-12-25)16-19(27)22-7-13-28-4;/h17-18H,5-16H2,1-4H3,(H,21,23)(H,22,27);1H/t18-;/m1./s1. The number of carbonyl (C=O) groups is 1. The predicted molar refractivity (Wildman–Crippen MR) is 129 cm³/mol. The maximum Gasteiger partial charge on any atom is 0.234 e. The van der Waals surface area contributed by atoms with Crippen molar-refractivity contribution < 1.29 is 9.53 Å². The number of guanidine groups is 1. The van der Waals surface area contributed by atoms with E-state index in [1.807, 2.05) is 7.05 Å². The monoisotopic (exact) mass is 524 g/mol. The molecule has 0 aromatic heterocycles. The highest BCUT2D eigenvalue weighted by Crippen LogP contribution is 2.18. The quantitative estimate of drug-likeness (QED) is 0.200. The van der Waals surface area contributed by atoms with E-state index in [0.717, 1.165) is 38.7 Å². The van der Waals surface area contributed by atoms with Gasteiger partial charge in [0.2, 0.25) is 5.91 Å². The van der Waals surface area contributed by atoms with Gasteiger partial charge >= 0.3 is 0 Å². The van der Waals surface area contributed by atoms with Crippen LogP contribution in [0.1, 0.15) is 26.7 Å². The van der Waals surface area contributed by atoms with Crippen LogP contribution < -0.4 is 10.6 Å². The van der Waals surface area contributed by atoms with Crippen molar-refractivity contribution in [1.29, 1.82) is 0 Å². The largest absolute Gasteiger partial charge is 0.383 e. The molecule has 0 saturated carbocycles. The molecule has 2 fully saturated rings. The fraction of sp³-hybridized carbons (Fsp3) is 0.900. The maximum atomic E-state index is 12.0. The van der Waals surface area contributed by atoms with Crippen LogP contribution in [0.4, 0.5) is 0 Å². The summed E-state index contributed by atoms with van der Waals surface area (Å²) in [7, 11) is 3.50. The molecule has 2 saturated heterocycles. The molecule has 2 aliphatic rings. The second kappa shape index (κ2) is 14.4. The van der Waals surface area contributed by atoms with Crippen LogP contribution in [0.15, 0.2) is 4.99 Å². The highest BCUT2D eigenvalue weighted by molar-refractivity contribution is 14.0. The Morgan fingerprint density at radius 1 is 1.17 bits per heavy atom. The molecule has 2 rings (SSSR count). The number of aliphatic imine (C=N–C) groups is 1. The Labute approximate surface area is 193 Å². The molecule has 2 aliphatic heterocycles. The molecule has 0 aromatic rings. The van der Waals surface area contributed by atoms with Crippen molar-refractivity contribution in [3.05, 3.63) is 0 Å². The third kappa shape index (κ3) is 9.35. The molecule has 1 atom stereocenters. The molecule has 8 nitrogen and oxygen atoms in total. The van der Waals surface area contributed by atoms with Gasteiger partial charge in [0.05, 0.1) is 13.2 Å². The lowest BCUT2D eigenvalue weighted by Crippen LogP contribution is -2.55. The summed E-state index contributed by atoms with van der Waals surface area (Å²) in [6.45, 7) is 13.1. The second-order valence-corrected chi connectivity index (χ2v) is 8.22. The molecular formula is C20H41IN6O2. The van der Waals surface area contributed by atoms with Crippen molar-refractivity contribution in [3.63, 3.8) is 0 Å². The first kappa shape index (κ1) is 26.4. The Hall–Kier alpha value is -0.650. The molecule has 0 aliphatic carbocycles. The molecule has 0 unspecified atom stereocenters. The van der Waals surface area contributed by atoms with Gasteiger partial charge in [-0.3, -0.25) is 19.6 Å². The molecule has 0 bridgehead atoms. The molecule has 2 N–H and O–H groups in total. The number of rotatable bonds is 9. The molecule has 0 spiro atoms. The van der Waals surface area contributed by atoms with Gasteiger partial charge in [0.25, 0.3) is 0 Å². The fourth-order valence-electron chi connectivity index (χ4n) is 4.05. The number of methoxy groups -OCH3 is 1. The number of carbonyl (C=O) groups excluding carboxylic acids is 1. The summed E-state index contributed by atoms with van der Waals surface area (Å²) < 4.78 is 4.96. The van der Waals surface area contributed by atoms with Crippen molar-refractivity contribution in [2.75, 3.05) is 79.7 Å². The van der Waals surface area contributed by atoms with Crippen LogP contribution in [0.2, 0.25) is 0 Å². The van der Waals surface area contributed by atoms with Crippen molar-refractivity contribution in [2.45, 2.75) is 32.7 Å². The van der Waals surface area contributed by atoms with E-state index >= 15 is 0 Å². The van der Waals surface area contributed by atoms with Gasteiger partial charge in [-0.05, 0) is 25.3 Å². The van der Waals surface area contributed by atoms with Gasteiger partial charge in [-0.1, -0.05) is 13.8 Å². The summed E-state index contributed by atoms with van der Waals surface area (Å²) in [4.78, 5) is 23.6. The molecule has 1 amide bonds. The number of hydrogen-bond acceptors (Lipinski definition) is 5. The van der Waals surface area contributed by atoms with Gasteiger partial charge in [0.1, 0.15) is 0 Å². The Bertz CT molecular complexity index is 497. The average molecular weight is 524 g/mol. The molecule has 170 valence electrons. The van der Waals surface area contributed by atoms with Crippen molar-refractivity contribution in [2.24, 2.45) is 10.9 Å². The second-order valence-electron chi connectivity index (χ2n) is 8.22. The minimum Gasteiger partial charge on any atom is -0.383 e. The minimum atomic E-state index is 0. The van der Waals surface area contributed by atoms with Crippen LogP contribution in [0.25, 0.3) is 0 Å². The molecule has 29 heavy (non-hydrogen) atoms. The highest BCUT2D eigenvalue weighted by atomic mass is 127. The molecule has 0 radical (unpaired) electrons. The SMILES string of the molecule is CN=C(NC[C@H]1CCCN1CC(C)C)N1CCN(CC(=O)NCCOC)CC1.I. The molecule has 2 heterocycles. The number of likely N-dealkylation sites (tertiary alicyclic amines) is 1. The van der Waals surface area contributed by atoms with E-state index in [9.17, 15) is 4.79 Å². The molecular weight excluding hydrogens is 483 g/mol. The van der Waals surface area contributed by atoms with Gasteiger partial charge < -0.3 is 20.3 Å². The number of amides is 1. The number of hydrogen-bond donors (Lipinski definition) is 2. The average Bonchev–Trinajstić information content (AvgIpc) is 3.10. The van der Waals surface area contributed by atoms with Crippen LogP contribution in [-0.4, -0.2) is 112 Å². The van der Waals surface area contributed by atoms with Crippen molar-refractivity contribution in [3.8, 4) is 0 Å². The Balaban J connectivity index is 0.00000420. The van der Waals surface area contributed by atoms with E-state index in [4.69, 9.17) is 4.74 Å². The van der Waals surface area contributed by atoms with Crippen molar-refractivity contribution in [1.82, 2.24) is 25.3 Å². The number of piperazine rings is 1. The zero-order valence-electron chi connectivity index (χ0n) is 18.7. The number of nitrogens with zero attached hydrogens (tertiary/aromatic N) is 4. The van der Waals surface area contributed by atoms with Gasteiger partial charge in [-0.25, -0.2) is 0 Å². The lowest BCUT2D eigenvalue weighted by atomic mass is 10.1. The van der Waals surface area contributed by atoms with E-state index in [1.54, 1.807) is 7.11 Å². The summed E-state index contributed by atoms with van der Waals surface area (Å²) in [5.74, 6) is 1.76. The third-order valence-electron chi connectivity index (χ3n) is 5.47. The van der Waals surface area contributed by atoms with E-state index in [1.165, 1.54) is 25.9 Å². The van der Waals surface area contributed by atoms with Crippen LogP contribution in [-0.2, 0) is 9.53 Å². The first-order chi connectivity index (χ1) is 13.5. The van der Waals surface area contributed by atoms with Gasteiger partial charge in [0.15, 0.2) is 5.96 Å². The first-order valence-electron chi connectivity index (χ1n) is 10.7. The third-order valence-corrected chi connectivity index (χ3v) is 5.47. The molecule has 9 heteroatoms. The fourth-order valence-corrected chi connectivity index (χ4v) is 4.05. The van der Waals surface area contributed by atoms with E-state index in [-0.39, 0.29) is 29.9 Å². The van der Waals surface area contributed by atoms with Crippen LogP contribution in [0.3, 0.4) is 0 Å². The van der Waals surface area contributed by atoms with E-state index < -0.39 is 0 Å². The van der Waals surface area contributed by atoms with Crippen LogP contribution >= 0.6 is 24.0 Å².